The summed E-state index contributed by atoms with van der Waals surface area (Å²) in [7, 11) is 0. The van der Waals surface area contributed by atoms with Gasteiger partial charge in [-0.2, -0.15) is 0 Å². The van der Waals surface area contributed by atoms with Crippen LogP contribution in [0.4, 0.5) is 10.5 Å². The molecule has 1 aliphatic rings. The molecule has 1 saturated heterocycles. The highest BCUT2D eigenvalue weighted by molar-refractivity contribution is 6.19. The summed E-state index contributed by atoms with van der Waals surface area (Å²) in [5.74, 6) is 0.261. The molecule has 0 atom stereocenters. The molecule has 3 rings (SSSR count). The number of imide groups is 1. The maximum absolute atomic E-state index is 12.5. The van der Waals surface area contributed by atoms with Crippen molar-refractivity contribution in [3.63, 3.8) is 0 Å². The molecule has 0 saturated carbocycles. The van der Waals surface area contributed by atoms with E-state index in [9.17, 15) is 9.59 Å². The maximum atomic E-state index is 12.5. The third kappa shape index (κ3) is 2.83. The number of anilines is 1. The van der Waals surface area contributed by atoms with Gasteiger partial charge in [0.1, 0.15) is 6.54 Å². The number of alkyl halides is 1. The summed E-state index contributed by atoms with van der Waals surface area (Å²) >= 11 is 5.76. The first-order valence-corrected chi connectivity index (χ1v) is 7.53. The molecule has 1 heterocycles. The van der Waals surface area contributed by atoms with E-state index in [4.69, 9.17) is 11.6 Å². The second-order valence-electron chi connectivity index (χ2n) is 5.15. The Kier molecular flexibility index (Phi) is 4.11. The van der Waals surface area contributed by atoms with Gasteiger partial charge in [0.05, 0.1) is 5.69 Å². The third-order valence-corrected chi connectivity index (χ3v) is 3.91. The number of rotatable bonds is 4. The largest absolute Gasteiger partial charge is 0.332 e. The number of amides is 3. The van der Waals surface area contributed by atoms with Crippen molar-refractivity contribution in [1.29, 1.82) is 0 Å². The molecule has 1 fully saturated rings. The van der Waals surface area contributed by atoms with Crippen LogP contribution in [-0.4, -0.2) is 23.4 Å². The van der Waals surface area contributed by atoms with E-state index < -0.39 is 0 Å². The van der Waals surface area contributed by atoms with E-state index in [0.717, 1.165) is 11.1 Å². The predicted octanol–water partition coefficient (Wildman–Crippen LogP) is 3.39. The minimum atomic E-state index is -0.280. The number of halogens is 1. The Balaban J connectivity index is 1.76. The van der Waals surface area contributed by atoms with Gasteiger partial charge in [0, 0.05) is 12.4 Å². The molecule has 5 heteroatoms. The van der Waals surface area contributed by atoms with Gasteiger partial charge in [-0.25, -0.2) is 9.69 Å². The topological polar surface area (TPSA) is 40.6 Å². The van der Waals surface area contributed by atoms with E-state index in [1.807, 2.05) is 42.5 Å². The Morgan fingerprint density at radius 2 is 1.55 bits per heavy atom. The number of hydrogen-bond donors (Lipinski definition) is 0. The number of carbonyl (C=O) groups is 2. The lowest BCUT2D eigenvalue weighted by Gasteiger charge is -2.17. The quantitative estimate of drug-likeness (QED) is 0.641. The van der Waals surface area contributed by atoms with Crippen LogP contribution in [0.1, 0.15) is 11.1 Å². The fourth-order valence-corrected chi connectivity index (χ4v) is 2.64. The number of para-hydroxylation sites is 1. The van der Waals surface area contributed by atoms with Crippen molar-refractivity contribution in [3.8, 4) is 0 Å². The Bertz CT molecular complexity index is 686. The molecule has 2 aromatic rings. The van der Waals surface area contributed by atoms with Crippen LogP contribution >= 0.6 is 11.6 Å². The molecule has 3 amide bonds. The smallest absolute Gasteiger partial charge is 0.310 e. The number of hydrogen-bond acceptors (Lipinski definition) is 2. The lowest BCUT2D eigenvalue weighted by atomic mass is 10.1. The third-order valence-electron chi connectivity index (χ3n) is 3.60. The first-order valence-electron chi connectivity index (χ1n) is 7.00. The van der Waals surface area contributed by atoms with Crippen LogP contribution in [0.3, 0.4) is 0 Å². The van der Waals surface area contributed by atoms with Gasteiger partial charge < -0.3 is 4.90 Å². The monoisotopic (exact) mass is 314 g/mol. The normalized spacial score (nSPS) is 14.8. The van der Waals surface area contributed by atoms with Gasteiger partial charge in [-0.05, 0) is 23.3 Å². The molecule has 0 bridgehead atoms. The molecule has 0 N–H and O–H groups in total. The minimum Gasteiger partial charge on any atom is -0.310 e. The van der Waals surface area contributed by atoms with E-state index in [-0.39, 0.29) is 18.5 Å². The number of benzene rings is 2. The van der Waals surface area contributed by atoms with Gasteiger partial charge in [0.25, 0.3) is 5.91 Å². The summed E-state index contributed by atoms with van der Waals surface area (Å²) in [5.41, 5.74) is 2.61. The zero-order chi connectivity index (χ0) is 15.5. The average molecular weight is 315 g/mol. The summed E-state index contributed by atoms with van der Waals surface area (Å²) in [4.78, 5) is 27.4. The molecule has 2 aromatic carbocycles. The Hall–Kier alpha value is -2.33. The van der Waals surface area contributed by atoms with E-state index in [2.05, 4.69) is 0 Å². The summed E-state index contributed by atoms with van der Waals surface area (Å²) in [6.07, 6.45) is 0. The second kappa shape index (κ2) is 6.20. The average Bonchev–Trinajstić information content (AvgIpc) is 2.83. The lowest BCUT2D eigenvalue weighted by Crippen LogP contribution is -2.32. The fraction of sp³-hybridized carbons (Fsp3) is 0.176. The highest BCUT2D eigenvalue weighted by atomic mass is 35.5. The van der Waals surface area contributed by atoms with Crippen molar-refractivity contribution >= 4 is 29.2 Å². The van der Waals surface area contributed by atoms with Crippen LogP contribution in [0.5, 0.6) is 0 Å². The molecule has 1 aliphatic heterocycles. The molecule has 4 nitrogen and oxygen atoms in total. The van der Waals surface area contributed by atoms with E-state index >= 15 is 0 Å². The van der Waals surface area contributed by atoms with Gasteiger partial charge in [-0.1, -0.05) is 42.5 Å². The van der Waals surface area contributed by atoms with Gasteiger partial charge >= 0.3 is 6.03 Å². The van der Waals surface area contributed by atoms with Crippen molar-refractivity contribution in [3.05, 3.63) is 65.7 Å². The second-order valence-corrected chi connectivity index (χ2v) is 5.42. The highest BCUT2D eigenvalue weighted by Crippen LogP contribution is 2.22. The molecule has 112 valence electrons. The summed E-state index contributed by atoms with van der Waals surface area (Å²) in [6, 6.07) is 16.4. The standard InChI is InChI=1S/C17H15ClN2O2/c18-10-13-6-8-14(9-7-13)11-19-12-16(21)20(17(19)22)15-4-2-1-3-5-15/h1-9H,10-12H2. The maximum Gasteiger partial charge on any atom is 0.332 e. The molecular weight excluding hydrogens is 300 g/mol. The lowest BCUT2D eigenvalue weighted by molar-refractivity contribution is -0.116. The Labute approximate surface area is 133 Å². The summed E-state index contributed by atoms with van der Waals surface area (Å²) in [5, 5.41) is 0. The Morgan fingerprint density at radius 3 is 2.18 bits per heavy atom. The molecule has 0 radical (unpaired) electrons. The van der Waals surface area contributed by atoms with Crippen LogP contribution < -0.4 is 4.90 Å². The first kappa shape index (κ1) is 14.6. The Morgan fingerprint density at radius 1 is 0.909 bits per heavy atom. The van der Waals surface area contributed by atoms with Crippen LogP contribution in [-0.2, 0) is 17.2 Å². The number of urea groups is 1. The first-order chi connectivity index (χ1) is 10.7. The van der Waals surface area contributed by atoms with E-state index in [0.29, 0.717) is 18.1 Å². The molecule has 22 heavy (non-hydrogen) atoms. The van der Waals surface area contributed by atoms with Gasteiger partial charge in [0.15, 0.2) is 0 Å². The molecule has 0 aromatic heterocycles. The van der Waals surface area contributed by atoms with Crippen molar-refractivity contribution in [2.75, 3.05) is 11.4 Å². The van der Waals surface area contributed by atoms with E-state index in [1.165, 1.54) is 4.90 Å². The number of carbonyl (C=O) groups excluding carboxylic acids is 2. The number of nitrogens with zero attached hydrogens (tertiary/aromatic N) is 2. The van der Waals surface area contributed by atoms with Crippen molar-refractivity contribution in [2.45, 2.75) is 12.4 Å². The van der Waals surface area contributed by atoms with Crippen LogP contribution in [0, 0.1) is 0 Å². The zero-order valence-corrected chi connectivity index (χ0v) is 12.7. The molecule has 0 spiro atoms. The SMILES string of the molecule is O=C1CN(Cc2ccc(CCl)cc2)C(=O)N1c1ccccc1. The van der Waals surface area contributed by atoms with Crippen molar-refractivity contribution in [2.24, 2.45) is 0 Å². The van der Waals surface area contributed by atoms with Gasteiger partial charge in [-0.3, -0.25) is 4.79 Å². The fourth-order valence-electron chi connectivity index (χ4n) is 2.46. The summed E-state index contributed by atoms with van der Waals surface area (Å²) < 4.78 is 0. The van der Waals surface area contributed by atoms with Crippen LogP contribution in [0.2, 0.25) is 0 Å². The van der Waals surface area contributed by atoms with Crippen molar-refractivity contribution in [1.82, 2.24) is 4.90 Å². The highest BCUT2D eigenvalue weighted by Gasteiger charge is 2.36. The minimum absolute atomic E-state index is 0.102. The zero-order valence-electron chi connectivity index (χ0n) is 11.9. The van der Waals surface area contributed by atoms with Crippen molar-refractivity contribution < 1.29 is 9.59 Å². The molecule has 0 unspecified atom stereocenters. The van der Waals surface area contributed by atoms with E-state index in [1.54, 1.807) is 17.0 Å². The molecule has 0 aliphatic carbocycles. The van der Waals surface area contributed by atoms with Gasteiger partial charge in [0.2, 0.25) is 0 Å². The summed E-state index contributed by atoms with van der Waals surface area (Å²) in [6.45, 7) is 0.515. The predicted molar refractivity (Wildman–Crippen MR) is 85.7 cm³/mol. The van der Waals surface area contributed by atoms with Crippen LogP contribution in [0.15, 0.2) is 54.6 Å². The van der Waals surface area contributed by atoms with Crippen LogP contribution in [0.25, 0.3) is 0 Å². The van der Waals surface area contributed by atoms with Gasteiger partial charge in [-0.15, -0.1) is 11.6 Å². The molecular formula is C17H15ClN2O2.